The van der Waals surface area contributed by atoms with E-state index < -0.39 is 6.10 Å². The zero-order chi connectivity index (χ0) is 22.9. The summed E-state index contributed by atoms with van der Waals surface area (Å²) in [6.07, 6.45) is 0.00878. The van der Waals surface area contributed by atoms with Crippen LogP contribution in [-0.4, -0.2) is 68.6 Å². The molecule has 0 aliphatic carbocycles. The van der Waals surface area contributed by atoms with Crippen molar-refractivity contribution in [3.63, 3.8) is 0 Å². The molecule has 0 saturated carbocycles. The van der Waals surface area contributed by atoms with E-state index >= 15 is 0 Å². The number of amides is 1. The van der Waals surface area contributed by atoms with Gasteiger partial charge in [0, 0.05) is 31.3 Å². The smallest absolute Gasteiger partial charge is 0.234 e. The minimum atomic E-state index is -0.828. The van der Waals surface area contributed by atoms with E-state index in [2.05, 4.69) is 12.2 Å². The topological polar surface area (TPSA) is 89.5 Å². The molecule has 2 aromatic rings. The van der Waals surface area contributed by atoms with Gasteiger partial charge in [-0.15, -0.1) is 0 Å². The lowest BCUT2D eigenvalue weighted by Crippen LogP contribution is -2.43. The Kier molecular flexibility index (Phi) is 8.58. The number of carbonyl (C=O) groups is 1. The highest BCUT2D eigenvalue weighted by Gasteiger charge is 2.24. The van der Waals surface area contributed by atoms with Gasteiger partial charge in [0.2, 0.25) is 5.91 Å². The monoisotopic (exact) mass is 444 g/mol. The first-order valence-corrected chi connectivity index (χ1v) is 10.8. The van der Waals surface area contributed by atoms with Gasteiger partial charge in [-0.3, -0.25) is 9.69 Å². The van der Waals surface area contributed by atoms with Gasteiger partial charge in [0.1, 0.15) is 41.8 Å². The van der Waals surface area contributed by atoms with Gasteiger partial charge in [0.05, 0.1) is 20.8 Å². The molecule has 0 bridgehead atoms. The Balaban J connectivity index is 1.49. The number of hydrogen-bond acceptors (Lipinski definition) is 7. The number of aliphatic hydroxyl groups is 1. The molecular formula is C24H32N2O6. The lowest BCUT2D eigenvalue weighted by molar-refractivity contribution is -0.123. The minimum Gasteiger partial charge on any atom is -0.497 e. The normalized spacial score (nSPS) is 16.8. The van der Waals surface area contributed by atoms with Crippen molar-refractivity contribution in [2.24, 2.45) is 0 Å². The average molecular weight is 445 g/mol. The van der Waals surface area contributed by atoms with E-state index in [9.17, 15) is 9.90 Å². The van der Waals surface area contributed by atoms with Crippen LogP contribution in [0.25, 0.3) is 0 Å². The zero-order valence-electron chi connectivity index (χ0n) is 18.9. The first kappa shape index (κ1) is 23.7. The highest BCUT2D eigenvalue weighted by molar-refractivity contribution is 5.78. The predicted octanol–water partition coefficient (Wildman–Crippen LogP) is 2.23. The highest BCUT2D eigenvalue weighted by Crippen LogP contribution is 2.29. The molecule has 1 heterocycles. The SMILES string of the molecule is CC[C@@H]1CN(CC(=O)NC[C@@H](O)COc2cccc(OC)c2)Cc2cc(OC)ccc2O1. The minimum absolute atomic E-state index is 0.000649. The molecule has 0 unspecified atom stereocenters. The number of ether oxygens (including phenoxy) is 4. The number of nitrogens with one attached hydrogen (secondary N) is 1. The van der Waals surface area contributed by atoms with Gasteiger partial charge < -0.3 is 29.4 Å². The summed E-state index contributed by atoms with van der Waals surface area (Å²) < 4.78 is 22.2. The van der Waals surface area contributed by atoms with Crippen LogP contribution in [0.3, 0.4) is 0 Å². The molecule has 32 heavy (non-hydrogen) atoms. The molecule has 1 amide bonds. The summed E-state index contributed by atoms with van der Waals surface area (Å²) in [7, 11) is 3.21. The Morgan fingerprint density at radius 3 is 2.69 bits per heavy atom. The highest BCUT2D eigenvalue weighted by atomic mass is 16.5. The molecule has 8 heteroatoms. The van der Waals surface area contributed by atoms with Crippen LogP contribution in [0.2, 0.25) is 0 Å². The third-order valence-electron chi connectivity index (χ3n) is 5.26. The van der Waals surface area contributed by atoms with Gasteiger partial charge in [-0.25, -0.2) is 0 Å². The van der Waals surface area contributed by atoms with E-state index in [1.165, 1.54) is 0 Å². The summed E-state index contributed by atoms with van der Waals surface area (Å²) in [5.41, 5.74) is 0.986. The van der Waals surface area contributed by atoms with Crippen molar-refractivity contribution in [1.82, 2.24) is 10.2 Å². The third kappa shape index (κ3) is 6.77. The second-order valence-electron chi connectivity index (χ2n) is 7.74. The standard InChI is InChI=1S/C24H32N2O6/c1-4-19-14-26(13-17-10-21(30-3)8-9-23(17)32-19)15-24(28)25-12-18(27)16-31-22-7-5-6-20(11-22)29-2/h5-11,18-19,27H,4,12-16H2,1-3H3,(H,25,28)/t18-,19-/m1/s1. The second kappa shape index (κ2) is 11.6. The summed E-state index contributed by atoms with van der Waals surface area (Å²) in [5.74, 6) is 2.69. The number of carbonyl (C=O) groups excluding carboxylic acids is 1. The Bertz CT molecular complexity index is 891. The second-order valence-corrected chi connectivity index (χ2v) is 7.74. The van der Waals surface area contributed by atoms with Crippen molar-refractivity contribution in [2.75, 3.05) is 40.5 Å². The van der Waals surface area contributed by atoms with Gasteiger partial charge in [0.15, 0.2) is 0 Å². The lowest BCUT2D eigenvalue weighted by Gasteiger charge is -2.23. The molecule has 174 valence electrons. The van der Waals surface area contributed by atoms with Gasteiger partial charge in [-0.05, 0) is 36.8 Å². The van der Waals surface area contributed by atoms with Crippen molar-refractivity contribution < 1.29 is 28.8 Å². The van der Waals surface area contributed by atoms with Crippen LogP contribution < -0.4 is 24.3 Å². The largest absolute Gasteiger partial charge is 0.497 e. The molecule has 2 N–H and O–H groups in total. The van der Waals surface area contributed by atoms with Crippen molar-refractivity contribution in [3.8, 4) is 23.0 Å². The molecule has 8 nitrogen and oxygen atoms in total. The number of nitrogens with zero attached hydrogens (tertiary/aromatic N) is 1. The molecule has 0 radical (unpaired) electrons. The number of hydrogen-bond donors (Lipinski definition) is 2. The van der Waals surface area contributed by atoms with Crippen molar-refractivity contribution in [2.45, 2.75) is 32.1 Å². The molecule has 0 aromatic heterocycles. The van der Waals surface area contributed by atoms with E-state index in [4.69, 9.17) is 18.9 Å². The van der Waals surface area contributed by atoms with Crippen LogP contribution in [-0.2, 0) is 11.3 Å². The molecule has 0 fully saturated rings. The summed E-state index contributed by atoms with van der Waals surface area (Å²) in [4.78, 5) is 14.6. The number of methoxy groups -OCH3 is 2. The van der Waals surface area contributed by atoms with Crippen LogP contribution in [0.15, 0.2) is 42.5 Å². The van der Waals surface area contributed by atoms with E-state index in [0.29, 0.717) is 24.6 Å². The summed E-state index contributed by atoms with van der Waals surface area (Å²) in [5, 5.41) is 13.0. The summed E-state index contributed by atoms with van der Waals surface area (Å²) in [6, 6.07) is 12.9. The van der Waals surface area contributed by atoms with Gasteiger partial charge in [0.25, 0.3) is 0 Å². The maximum absolute atomic E-state index is 12.5. The fraction of sp³-hybridized carbons (Fsp3) is 0.458. The Hall–Kier alpha value is -2.97. The predicted molar refractivity (Wildman–Crippen MR) is 120 cm³/mol. The Morgan fingerprint density at radius 1 is 1.19 bits per heavy atom. The zero-order valence-corrected chi connectivity index (χ0v) is 18.9. The van der Waals surface area contributed by atoms with E-state index in [1.54, 1.807) is 26.4 Å². The molecular weight excluding hydrogens is 412 g/mol. The van der Waals surface area contributed by atoms with Gasteiger partial charge >= 0.3 is 0 Å². The number of aliphatic hydroxyl groups excluding tert-OH is 1. The Labute approximate surface area is 189 Å². The van der Waals surface area contributed by atoms with Gasteiger partial charge in [-0.1, -0.05) is 13.0 Å². The maximum atomic E-state index is 12.5. The molecule has 2 aromatic carbocycles. The van der Waals surface area contributed by atoms with E-state index in [0.717, 1.165) is 23.5 Å². The van der Waals surface area contributed by atoms with Crippen LogP contribution in [0.1, 0.15) is 18.9 Å². The number of fused-ring (bicyclic) bond motifs is 1. The van der Waals surface area contributed by atoms with E-state index in [-0.39, 0.29) is 31.7 Å². The molecule has 0 spiro atoms. The fourth-order valence-corrected chi connectivity index (χ4v) is 3.50. The molecule has 2 atom stereocenters. The third-order valence-corrected chi connectivity index (χ3v) is 5.26. The van der Waals surface area contributed by atoms with Gasteiger partial charge in [-0.2, -0.15) is 0 Å². The molecule has 0 saturated heterocycles. The average Bonchev–Trinajstić information content (AvgIpc) is 2.99. The molecule has 1 aliphatic rings. The van der Waals surface area contributed by atoms with Crippen LogP contribution in [0.5, 0.6) is 23.0 Å². The first-order valence-electron chi connectivity index (χ1n) is 10.8. The molecule has 1 aliphatic heterocycles. The first-order chi connectivity index (χ1) is 15.5. The summed E-state index contributed by atoms with van der Waals surface area (Å²) in [6.45, 7) is 3.67. The quantitative estimate of drug-likeness (QED) is 0.581. The van der Waals surface area contributed by atoms with Crippen molar-refractivity contribution >= 4 is 5.91 Å². The van der Waals surface area contributed by atoms with E-state index in [1.807, 2.05) is 35.2 Å². The lowest BCUT2D eigenvalue weighted by atomic mass is 10.2. The molecule has 3 rings (SSSR count). The number of benzene rings is 2. The maximum Gasteiger partial charge on any atom is 0.234 e. The van der Waals surface area contributed by atoms with Crippen LogP contribution in [0.4, 0.5) is 0 Å². The van der Waals surface area contributed by atoms with Crippen molar-refractivity contribution in [1.29, 1.82) is 0 Å². The Morgan fingerprint density at radius 2 is 1.94 bits per heavy atom. The summed E-state index contributed by atoms with van der Waals surface area (Å²) >= 11 is 0. The number of rotatable bonds is 10. The van der Waals surface area contributed by atoms with Crippen molar-refractivity contribution in [3.05, 3.63) is 48.0 Å². The van der Waals surface area contributed by atoms with Crippen LogP contribution in [0, 0.1) is 0 Å². The fourth-order valence-electron chi connectivity index (χ4n) is 3.50. The van der Waals surface area contributed by atoms with Crippen LogP contribution >= 0.6 is 0 Å².